The molecule has 1 aliphatic rings. The largest absolute Gasteiger partial charge is 0.455 e. The Hall–Kier alpha value is -3.53. The van der Waals surface area contributed by atoms with Crippen LogP contribution < -0.4 is 0 Å². The minimum absolute atomic E-state index is 0.0159. The first-order chi connectivity index (χ1) is 14.9. The highest BCUT2D eigenvalue weighted by atomic mass is 19.3. The molecule has 0 fully saturated rings. The number of pyridine rings is 1. The van der Waals surface area contributed by atoms with Crippen molar-refractivity contribution in [2.24, 2.45) is 0 Å². The third-order valence-corrected chi connectivity index (χ3v) is 6.60. The van der Waals surface area contributed by atoms with Gasteiger partial charge < -0.3 is 4.42 Å². The Morgan fingerprint density at radius 1 is 0.710 bits per heavy atom. The summed E-state index contributed by atoms with van der Waals surface area (Å²) >= 11 is 0. The zero-order chi connectivity index (χ0) is 21.4. The van der Waals surface area contributed by atoms with Gasteiger partial charge in [-0.15, -0.1) is 0 Å². The average molecular weight is 411 g/mol. The van der Waals surface area contributed by atoms with E-state index in [0.717, 1.165) is 27.6 Å². The van der Waals surface area contributed by atoms with E-state index in [-0.39, 0.29) is 5.56 Å². The highest BCUT2D eigenvalue weighted by Crippen LogP contribution is 2.57. The first-order valence-electron chi connectivity index (χ1n) is 10.3. The first kappa shape index (κ1) is 18.3. The van der Waals surface area contributed by atoms with Crippen molar-refractivity contribution in [2.45, 2.75) is 25.2 Å². The fraction of sp³-hybridized carbons (Fsp3) is 0.148. The third kappa shape index (κ3) is 2.27. The zero-order valence-corrected chi connectivity index (χ0v) is 17.1. The SMILES string of the molecule is CC1(C)c2ccccc2-c2c(ccc3c2oc2c(-c4ccccn4)cccc23)C1(F)F. The van der Waals surface area contributed by atoms with Gasteiger partial charge >= 0.3 is 0 Å². The van der Waals surface area contributed by atoms with Crippen molar-refractivity contribution in [2.75, 3.05) is 0 Å². The Bertz CT molecular complexity index is 1480. The molecule has 2 nitrogen and oxygen atoms in total. The quantitative estimate of drug-likeness (QED) is 0.282. The fourth-order valence-corrected chi connectivity index (χ4v) is 4.87. The van der Waals surface area contributed by atoms with Gasteiger partial charge in [0.25, 0.3) is 5.92 Å². The Balaban J connectivity index is 1.76. The summed E-state index contributed by atoms with van der Waals surface area (Å²) in [6, 6.07) is 22.3. The lowest BCUT2D eigenvalue weighted by Crippen LogP contribution is -2.41. The van der Waals surface area contributed by atoms with E-state index in [4.69, 9.17) is 4.42 Å². The molecule has 0 amide bonds. The van der Waals surface area contributed by atoms with Crippen molar-refractivity contribution in [1.29, 1.82) is 0 Å². The van der Waals surface area contributed by atoms with Gasteiger partial charge in [-0.3, -0.25) is 4.98 Å². The van der Waals surface area contributed by atoms with E-state index >= 15 is 8.78 Å². The lowest BCUT2D eigenvalue weighted by molar-refractivity contribution is -0.0738. The molecule has 0 spiro atoms. The zero-order valence-electron chi connectivity index (χ0n) is 17.1. The van der Waals surface area contributed by atoms with Crippen LogP contribution in [0.25, 0.3) is 44.3 Å². The average Bonchev–Trinajstić information content (AvgIpc) is 3.17. The van der Waals surface area contributed by atoms with E-state index in [1.165, 1.54) is 0 Å². The number of hydrogen-bond donors (Lipinski definition) is 0. The van der Waals surface area contributed by atoms with Crippen LogP contribution in [-0.4, -0.2) is 4.98 Å². The summed E-state index contributed by atoms with van der Waals surface area (Å²) in [5, 5.41) is 1.73. The van der Waals surface area contributed by atoms with E-state index in [0.29, 0.717) is 22.3 Å². The number of rotatable bonds is 1. The van der Waals surface area contributed by atoms with Gasteiger partial charge in [0, 0.05) is 33.7 Å². The lowest BCUT2D eigenvalue weighted by Gasteiger charge is -2.41. The van der Waals surface area contributed by atoms with Crippen LogP contribution in [0.3, 0.4) is 0 Å². The molecule has 6 rings (SSSR count). The molecule has 0 unspecified atom stereocenters. The van der Waals surface area contributed by atoms with Crippen LogP contribution in [-0.2, 0) is 11.3 Å². The minimum Gasteiger partial charge on any atom is -0.455 e. The van der Waals surface area contributed by atoms with Gasteiger partial charge in [-0.05, 0) is 49.2 Å². The minimum atomic E-state index is -3.03. The number of nitrogens with zero attached hydrogens (tertiary/aromatic N) is 1. The maximum Gasteiger partial charge on any atom is 0.282 e. The van der Waals surface area contributed by atoms with Crippen LogP contribution in [0.15, 0.2) is 83.4 Å². The predicted octanol–water partition coefficient (Wildman–Crippen LogP) is 7.70. The van der Waals surface area contributed by atoms with Gasteiger partial charge in [-0.1, -0.05) is 48.5 Å². The Kier molecular flexibility index (Phi) is 3.54. The summed E-state index contributed by atoms with van der Waals surface area (Å²) < 4.78 is 37.8. The van der Waals surface area contributed by atoms with Crippen molar-refractivity contribution in [3.05, 3.63) is 90.1 Å². The Morgan fingerprint density at radius 3 is 2.26 bits per heavy atom. The number of benzene rings is 3. The molecular weight excluding hydrogens is 392 g/mol. The van der Waals surface area contributed by atoms with Crippen LogP contribution in [0.2, 0.25) is 0 Å². The van der Waals surface area contributed by atoms with E-state index in [1.54, 1.807) is 38.2 Å². The normalized spacial score (nSPS) is 16.3. The molecule has 2 aromatic heterocycles. The number of alkyl halides is 2. The third-order valence-electron chi connectivity index (χ3n) is 6.60. The highest BCUT2D eigenvalue weighted by molar-refractivity contribution is 6.13. The van der Waals surface area contributed by atoms with Gasteiger partial charge in [-0.25, -0.2) is 8.78 Å². The molecule has 0 N–H and O–H groups in total. The molecule has 0 aliphatic heterocycles. The second-order valence-electron chi connectivity index (χ2n) is 8.61. The van der Waals surface area contributed by atoms with Crippen LogP contribution >= 0.6 is 0 Å². The maximum absolute atomic E-state index is 15.7. The summed E-state index contributed by atoms with van der Waals surface area (Å²) in [6.45, 7) is 3.22. The van der Waals surface area contributed by atoms with E-state index in [9.17, 15) is 0 Å². The van der Waals surface area contributed by atoms with Crippen molar-refractivity contribution in [3.8, 4) is 22.4 Å². The van der Waals surface area contributed by atoms with Gasteiger partial charge in [-0.2, -0.15) is 0 Å². The number of halogens is 2. The summed E-state index contributed by atoms with van der Waals surface area (Å²) in [5.74, 6) is -3.03. The second kappa shape index (κ2) is 6.01. The number of hydrogen-bond acceptors (Lipinski definition) is 2. The molecule has 0 bridgehead atoms. The van der Waals surface area contributed by atoms with E-state index in [2.05, 4.69) is 4.98 Å². The summed E-state index contributed by atoms with van der Waals surface area (Å²) in [5.41, 5.74) is 3.40. The molecule has 1 aliphatic carbocycles. The standard InChI is InChI=1S/C27H19F2NO/c1-26(2)20-11-4-3-8-18(20)23-21(27(26,28)29)14-13-17-16-9-7-10-19(24(16)31-25(17)23)22-12-5-6-15-30-22/h3-15H,1-2H3. The number of furan rings is 1. The van der Waals surface area contributed by atoms with Crippen molar-refractivity contribution >= 4 is 21.9 Å². The second-order valence-corrected chi connectivity index (χ2v) is 8.61. The van der Waals surface area contributed by atoms with Crippen LogP contribution in [0.5, 0.6) is 0 Å². The van der Waals surface area contributed by atoms with Crippen molar-refractivity contribution in [3.63, 3.8) is 0 Å². The molecule has 0 saturated heterocycles. The van der Waals surface area contributed by atoms with Gasteiger partial charge in [0.2, 0.25) is 0 Å². The van der Waals surface area contributed by atoms with Gasteiger partial charge in [0.15, 0.2) is 0 Å². The van der Waals surface area contributed by atoms with Crippen LogP contribution in [0.1, 0.15) is 25.0 Å². The predicted molar refractivity (Wildman–Crippen MR) is 119 cm³/mol. The van der Waals surface area contributed by atoms with Gasteiger partial charge in [0.05, 0.1) is 11.1 Å². The molecule has 3 aromatic carbocycles. The summed E-state index contributed by atoms with van der Waals surface area (Å²) in [6.07, 6.45) is 1.73. The number of fused-ring (bicyclic) bond motifs is 7. The van der Waals surface area contributed by atoms with Crippen LogP contribution in [0.4, 0.5) is 8.78 Å². The van der Waals surface area contributed by atoms with E-state index in [1.807, 2.05) is 54.6 Å². The highest BCUT2D eigenvalue weighted by Gasteiger charge is 2.54. The molecule has 0 saturated carbocycles. The Morgan fingerprint density at radius 2 is 1.45 bits per heavy atom. The molecule has 2 heterocycles. The summed E-state index contributed by atoms with van der Waals surface area (Å²) in [7, 11) is 0. The smallest absolute Gasteiger partial charge is 0.282 e. The van der Waals surface area contributed by atoms with Crippen LogP contribution in [0, 0.1) is 0 Å². The number of aromatic nitrogens is 1. The summed E-state index contributed by atoms with van der Waals surface area (Å²) in [4.78, 5) is 4.45. The molecule has 4 heteroatoms. The molecule has 31 heavy (non-hydrogen) atoms. The topological polar surface area (TPSA) is 26.0 Å². The molecule has 5 aromatic rings. The molecular formula is C27H19F2NO. The van der Waals surface area contributed by atoms with Gasteiger partial charge in [0.1, 0.15) is 11.2 Å². The lowest BCUT2D eigenvalue weighted by atomic mass is 9.67. The number of para-hydroxylation sites is 1. The first-order valence-corrected chi connectivity index (χ1v) is 10.3. The Labute approximate surface area is 178 Å². The molecule has 0 atom stereocenters. The maximum atomic E-state index is 15.7. The monoisotopic (exact) mass is 411 g/mol. The fourth-order valence-electron chi connectivity index (χ4n) is 4.87. The molecule has 0 radical (unpaired) electrons. The van der Waals surface area contributed by atoms with Crippen molar-refractivity contribution < 1.29 is 13.2 Å². The molecule has 152 valence electrons. The van der Waals surface area contributed by atoms with E-state index < -0.39 is 11.3 Å². The van der Waals surface area contributed by atoms with Crippen molar-refractivity contribution in [1.82, 2.24) is 4.98 Å².